The van der Waals surface area contributed by atoms with Crippen molar-refractivity contribution in [2.75, 3.05) is 17.6 Å². The number of nitrogens with one attached hydrogen (secondary N) is 2. The van der Waals surface area contributed by atoms with Crippen LogP contribution in [0.3, 0.4) is 0 Å². The van der Waals surface area contributed by atoms with E-state index in [0.29, 0.717) is 30.0 Å². The summed E-state index contributed by atoms with van der Waals surface area (Å²) >= 11 is 1.65. The number of hydrogen-bond acceptors (Lipinski definition) is 4. The zero-order chi connectivity index (χ0) is 18.0. The van der Waals surface area contributed by atoms with Crippen LogP contribution in [0.2, 0.25) is 0 Å². The van der Waals surface area contributed by atoms with Gasteiger partial charge in [-0.25, -0.2) is 0 Å². The molecule has 0 radical (unpaired) electrons. The van der Waals surface area contributed by atoms with E-state index in [0.717, 1.165) is 12.8 Å². The van der Waals surface area contributed by atoms with Gasteiger partial charge in [0, 0.05) is 18.7 Å². The SMILES string of the molecule is CCCNC(=O)c1ccccc1NC(=O)[C@H]1CS[C@]2(C)CCC(=O)N12. The fourth-order valence-electron chi connectivity index (χ4n) is 3.35. The van der Waals surface area contributed by atoms with Crippen LogP contribution < -0.4 is 10.6 Å². The molecule has 2 aliphatic rings. The highest BCUT2D eigenvalue weighted by molar-refractivity contribution is 8.01. The first-order chi connectivity index (χ1) is 12.0. The van der Waals surface area contributed by atoms with Crippen molar-refractivity contribution in [2.24, 2.45) is 0 Å². The van der Waals surface area contributed by atoms with Crippen molar-refractivity contribution in [3.8, 4) is 0 Å². The molecule has 1 aromatic rings. The minimum atomic E-state index is -0.489. The maximum absolute atomic E-state index is 12.8. The molecule has 0 bridgehead atoms. The lowest BCUT2D eigenvalue weighted by molar-refractivity contribution is -0.135. The van der Waals surface area contributed by atoms with Crippen LogP contribution in [0.5, 0.6) is 0 Å². The predicted molar refractivity (Wildman–Crippen MR) is 98.4 cm³/mol. The Bertz CT molecular complexity index is 709. The van der Waals surface area contributed by atoms with E-state index in [1.54, 1.807) is 40.9 Å². The fraction of sp³-hybridized carbons (Fsp3) is 0.500. The van der Waals surface area contributed by atoms with Gasteiger partial charge in [-0.2, -0.15) is 0 Å². The average Bonchev–Trinajstić information content (AvgIpc) is 3.09. The Morgan fingerprint density at radius 3 is 2.88 bits per heavy atom. The summed E-state index contributed by atoms with van der Waals surface area (Å²) in [5, 5.41) is 5.68. The number of benzene rings is 1. The second-order valence-electron chi connectivity index (χ2n) is 6.56. The first-order valence-corrected chi connectivity index (χ1v) is 9.59. The molecular formula is C18H23N3O3S. The van der Waals surface area contributed by atoms with Crippen LogP contribution in [-0.4, -0.2) is 45.8 Å². The summed E-state index contributed by atoms with van der Waals surface area (Å²) in [5.74, 6) is 0.169. The summed E-state index contributed by atoms with van der Waals surface area (Å²) in [7, 11) is 0. The lowest BCUT2D eigenvalue weighted by Gasteiger charge is -2.30. The van der Waals surface area contributed by atoms with Crippen molar-refractivity contribution in [1.29, 1.82) is 0 Å². The number of carbonyl (C=O) groups excluding carboxylic acids is 3. The number of para-hydroxylation sites is 1. The zero-order valence-corrected chi connectivity index (χ0v) is 15.3. The first-order valence-electron chi connectivity index (χ1n) is 8.60. The molecule has 2 heterocycles. The monoisotopic (exact) mass is 361 g/mol. The molecule has 7 heteroatoms. The van der Waals surface area contributed by atoms with Gasteiger partial charge in [-0.15, -0.1) is 11.8 Å². The van der Waals surface area contributed by atoms with Crippen molar-refractivity contribution in [3.63, 3.8) is 0 Å². The Morgan fingerprint density at radius 2 is 2.12 bits per heavy atom. The van der Waals surface area contributed by atoms with Crippen LogP contribution in [0.4, 0.5) is 5.69 Å². The van der Waals surface area contributed by atoms with Gasteiger partial charge in [-0.05, 0) is 31.9 Å². The topological polar surface area (TPSA) is 78.5 Å². The summed E-state index contributed by atoms with van der Waals surface area (Å²) in [6.45, 7) is 4.58. The van der Waals surface area contributed by atoms with Gasteiger partial charge in [-0.3, -0.25) is 14.4 Å². The van der Waals surface area contributed by atoms with Gasteiger partial charge in [0.25, 0.3) is 5.91 Å². The predicted octanol–water partition coefficient (Wildman–Crippen LogP) is 2.22. The smallest absolute Gasteiger partial charge is 0.253 e. The molecule has 2 aliphatic heterocycles. The average molecular weight is 361 g/mol. The Morgan fingerprint density at radius 1 is 1.36 bits per heavy atom. The van der Waals surface area contributed by atoms with E-state index in [-0.39, 0.29) is 22.6 Å². The quantitative estimate of drug-likeness (QED) is 0.843. The van der Waals surface area contributed by atoms with Crippen LogP contribution in [0, 0.1) is 0 Å². The third-order valence-corrected chi connectivity index (χ3v) is 6.22. The van der Waals surface area contributed by atoms with E-state index in [1.807, 2.05) is 13.8 Å². The molecule has 2 atom stereocenters. The number of nitrogens with zero attached hydrogens (tertiary/aromatic N) is 1. The molecule has 25 heavy (non-hydrogen) atoms. The number of hydrogen-bond donors (Lipinski definition) is 2. The van der Waals surface area contributed by atoms with Gasteiger partial charge in [0.15, 0.2) is 0 Å². The van der Waals surface area contributed by atoms with Crippen LogP contribution >= 0.6 is 11.8 Å². The Hall–Kier alpha value is -2.02. The minimum absolute atomic E-state index is 0.0293. The van der Waals surface area contributed by atoms with Crippen molar-refractivity contribution in [3.05, 3.63) is 29.8 Å². The van der Waals surface area contributed by atoms with E-state index in [4.69, 9.17) is 0 Å². The lowest BCUT2D eigenvalue weighted by Crippen LogP contribution is -2.48. The number of fused-ring (bicyclic) bond motifs is 1. The number of thioether (sulfide) groups is 1. The molecule has 2 saturated heterocycles. The highest BCUT2D eigenvalue weighted by atomic mass is 32.2. The van der Waals surface area contributed by atoms with Gasteiger partial charge in [0.2, 0.25) is 11.8 Å². The van der Waals surface area contributed by atoms with Gasteiger partial charge in [0.05, 0.1) is 16.1 Å². The normalized spacial score (nSPS) is 25.0. The minimum Gasteiger partial charge on any atom is -0.352 e. The molecule has 3 amide bonds. The Kier molecular flexibility index (Phi) is 5.03. The van der Waals surface area contributed by atoms with Gasteiger partial charge in [0.1, 0.15) is 6.04 Å². The Balaban J connectivity index is 1.76. The van der Waals surface area contributed by atoms with Crippen LogP contribution in [0.15, 0.2) is 24.3 Å². The molecule has 3 rings (SSSR count). The molecule has 0 aliphatic carbocycles. The Labute approximate surface area is 151 Å². The first kappa shape index (κ1) is 17.8. The molecule has 0 aromatic heterocycles. The van der Waals surface area contributed by atoms with Crippen molar-refractivity contribution >= 4 is 35.2 Å². The molecule has 2 N–H and O–H groups in total. The highest BCUT2D eigenvalue weighted by Gasteiger charge is 2.52. The van der Waals surface area contributed by atoms with Crippen LogP contribution in [-0.2, 0) is 9.59 Å². The molecular weight excluding hydrogens is 338 g/mol. The molecule has 0 unspecified atom stereocenters. The van der Waals surface area contributed by atoms with E-state index >= 15 is 0 Å². The van der Waals surface area contributed by atoms with Crippen LogP contribution in [0.1, 0.15) is 43.5 Å². The largest absolute Gasteiger partial charge is 0.352 e. The second-order valence-corrected chi connectivity index (χ2v) is 8.06. The summed E-state index contributed by atoms with van der Waals surface area (Å²) < 4.78 is 0. The van der Waals surface area contributed by atoms with Gasteiger partial charge < -0.3 is 15.5 Å². The van der Waals surface area contributed by atoms with Crippen molar-refractivity contribution in [2.45, 2.75) is 44.0 Å². The summed E-state index contributed by atoms with van der Waals surface area (Å²) in [4.78, 5) is 38.7. The molecule has 0 saturated carbocycles. The number of rotatable bonds is 5. The maximum Gasteiger partial charge on any atom is 0.253 e. The molecule has 2 fully saturated rings. The summed E-state index contributed by atoms with van der Waals surface area (Å²) in [6.07, 6.45) is 2.11. The summed E-state index contributed by atoms with van der Waals surface area (Å²) in [5.41, 5.74) is 0.914. The van der Waals surface area contributed by atoms with E-state index in [1.165, 1.54) is 0 Å². The molecule has 134 valence electrons. The van der Waals surface area contributed by atoms with Gasteiger partial charge in [-0.1, -0.05) is 19.1 Å². The van der Waals surface area contributed by atoms with Gasteiger partial charge >= 0.3 is 0 Å². The highest BCUT2D eigenvalue weighted by Crippen LogP contribution is 2.47. The molecule has 1 aromatic carbocycles. The number of carbonyl (C=O) groups is 3. The zero-order valence-electron chi connectivity index (χ0n) is 14.5. The van der Waals surface area contributed by atoms with E-state index < -0.39 is 6.04 Å². The number of anilines is 1. The second kappa shape index (κ2) is 7.07. The van der Waals surface area contributed by atoms with E-state index in [9.17, 15) is 14.4 Å². The van der Waals surface area contributed by atoms with E-state index in [2.05, 4.69) is 10.6 Å². The standard InChI is InChI=1S/C18H23N3O3S/c1-3-10-19-16(23)12-6-4-5-7-13(12)20-17(24)14-11-25-18(2)9-8-15(22)21(14)18/h4-7,14H,3,8-11H2,1-2H3,(H,19,23)(H,20,24)/t14-,18-/m1/s1. The number of amides is 3. The molecule has 0 spiro atoms. The fourth-order valence-corrected chi connectivity index (χ4v) is 4.79. The third kappa shape index (κ3) is 3.38. The summed E-state index contributed by atoms with van der Waals surface area (Å²) in [6, 6.07) is 6.46. The lowest BCUT2D eigenvalue weighted by atomic mass is 10.1. The van der Waals surface area contributed by atoms with Crippen molar-refractivity contribution < 1.29 is 14.4 Å². The maximum atomic E-state index is 12.8. The van der Waals surface area contributed by atoms with Crippen molar-refractivity contribution in [1.82, 2.24) is 10.2 Å². The molecule has 6 nitrogen and oxygen atoms in total. The van der Waals surface area contributed by atoms with Crippen LogP contribution in [0.25, 0.3) is 0 Å². The third-order valence-electron chi connectivity index (χ3n) is 4.71.